The van der Waals surface area contributed by atoms with Gasteiger partial charge in [-0.1, -0.05) is 85.3 Å². The van der Waals surface area contributed by atoms with E-state index in [0.717, 1.165) is 16.7 Å². The highest BCUT2D eigenvalue weighted by Gasteiger charge is 2.42. The van der Waals surface area contributed by atoms with E-state index in [1.807, 2.05) is 57.2 Å². The van der Waals surface area contributed by atoms with Crippen molar-refractivity contribution in [1.29, 1.82) is 0 Å². The molecule has 0 saturated heterocycles. The minimum Gasteiger partial charge on any atom is -0.292 e. The van der Waals surface area contributed by atoms with Crippen LogP contribution in [0.5, 0.6) is 0 Å². The minimum atomic E-state index is -3.75. The van der Waals surface area contributed by atoms with Crippen LogP contribution in [0.1, 0.15) is 54.9 Å². The maximum Gasteiger partial charge on any atom is 0.474 e. The molecule has 1 unspecified atom stereocenters. The van der Waals surface area contributed by atoms with E-state index in [9.17, 15) is 9.36 Å². The third kappa shape index (κ3) is 9.38. The molecule has 1 aliphatic carbocycles. The number of Topliss-reactive ketones (excluding diaryl/α,β-unsaturated/α-hetero) is 1. The van der Waals surface area contributed by atoms with Gasteiger partial charge >= 0.3 is 7.82 Å². The van der Waals surface area contributed by atoms with Gasteiger partial charge in [0.2, 0.25) is 0 Å². The van der Waals surface area contributed by atoms with Gasteiger partial charge in [-0.3, -0.25) is 18.4 Å². The molecule has 1 rings (SSSR count). The van der Waals surface area contributed by atoms with Gasteiger partial charge < -0.3 is 0 Å². The Morgan fingerprint density at radius 1 is 0.939 bits per heavy atom. The standard InChI is InChI=1S/C27H39O5P/c1-20(2)13-10-11-14-21(3)15-12-16-22(4)17-18-24-23(5)26(28)25(19-27(24,6)7)32-33(29,30-8)31-9/h10-18,25H,19H2,1-9H3/b11-10+,15-12+,18-17+,21-14+,22-16+. The van der Waals surface area contributed by atoms with Crippen molar-refractivity contribution in [1.82, 2.24) is 0 Å². The van der Waals surface area contributed by atoms with Crippen molar-refractivity contribution in [2.24, 2.45) is 5.41 Å². The summed E-state index contributed by atoms with van der Waals surface area (Å²) >= 11 is 0. The maximum absolute atomic E-state index is 12.9. The first-order valence-corrected chi connectivity index (χ1v) is 12.5. The van der Waals surface area contributed by atoms with Gasteiger partial charge in [0.15, 0.2) is 5.78 Å². The molecule has 0 fully saturated rings. The van der Waals surface area contributed by atoms with Gasteiger partial charge in [0.25, 0.3) is 0 Å². The zero-order valence-electron chi connectivity index (χ0n) is 21.5. The topological polar surface area (TPSA) is 61.8 Å². The summed E-state index contributed by atoms with van der Waals surface area (Å²) < 4.78 is 27.5. The SMILES string of the molecule is COP(=O)(OC)OC1CC(C)(C)C(/C=C/C(C)=C/C=C/C(C)=C/C=C/C=C(C)C)=C(C)C1=O. The molecule has 0 aromatic heterocycles. The number of carbonyl (C=O) groups is 1. The predicted molar refractivity (Wildman–Crippen MR) is 137 cm³/mol. The quantitative estimate of drug-likeness (QED) is 0.241. The zero-order chi connectivity index (χ0) is 25.2. The fourth-order valence-electron chi connectivity index (χ4n) is 3.43. The van der Waals surface area contributed by atoms with Gasteiger partial charge in [0.1, 0.15) is 6.10 Å². The largest absolute Gasteiger partial charge is 0.474 e. The number of carbonyl (C=O) groups excluding carboxylic acids is 1. The highest BCUT2D eigenvalue weighted by Crippen LogP contribution is 2.52. The summed E-state index contributed by atoms with van der Waals surface area (Å²) in [4.78, 5) is 12.9. The molecule has 0 saturated carbocycles. The lowest BCUT2D eigenvalue weighted by Gasteiger charge is -2.37. The first-order valence-electron chi connectivity index (χ1n) is 11.0. The highest BCUT2D eigenvalue weighted by atomic mass is 31.2. The molecule has 0 spiro atoms. The average molecular weight is 475 g/mol. The molecule has 5 nitrogen and oxygen atoms in total. The second kappa shape index (κ2) is 13.0. The lowest BCUT2D eigenvalue weighted by atomic mass is 9.71. The molecular weight excluding hydrogens is 435 g/mol. The summed E-state index contributed by atoms with van der Waals surface area (Å²) in [5.74, 6) is -0.202. The first-order chi connectivity index (χ1) is 15.3. The molecule has 0 bridgehead atoms. The van der Waals surface area contributed by atoms with E-state index >= 15 is 0 Å². The van der Waals surface area contributed by atoms with Crippen LogP contribution in [0, 0.1) is 5.41 Å². The lowest BCUT2D eigenvalue weighted by Crippen LogP contribution is -2.37. The molecule has 0 amide bonds. The smallest absolute Gasteiger partial charge is 0.292 e. The number of phosphoric acid groups is 1. The van der Waals surface area contributed by atoms with Gasteiger partial charge in [0, 0.05) is 14.2 Å². The molecule has 0 heterocycles. The molecule has 1 aliphatic rings. The van der Waals surface area contributed by atoms with Crippen molar-refractivity contribution < 1.29 is 22.9 Å². The molecule has 0 aromatic rings. The zero-order valence-corrected chi connectivity index (χ0v) is 22.4. The van der Waals surface area contributed by atoms with E-state index in [1.165, 1.54) is 19.8 Å². The van der Waals surface area contributed by atoms with E-state index in [2.05, 4.69) is 39.0 Å². The summed E-state index contributed by atoms with van der Waals surface area (Å²) in [7, 11) is -1.27. The number of rotatable bonds is 10. The van der Waals surface area contributed by atoms with E-state index < -0.39 is 13.9 Å². The minimum absolute atomic E-state index is 0.202. The number of phosphoric ester groups is 1. The third-order valence-corrected chi connectivity index (χ3v) is 6.73. The van der Waals surface area contributed by atoms with Crippen molar-refractivity contribution >= 4 is 13.6 Å². The Hall–Kier alpha value is -2.04. The number of hydrogen-bond acceptors (Lipinski definition) is 5. The van der Waals surface area contributed by atoms with Gasteiger partial charge in [-0.15, -0.1) is 0 Å². The monoisotopic (exact) mass is 474 g/mol. The van der Waals surface area contributed by atoms with E-state index in [-0.39, 0.29) is 11.2 Å². The molecular formula is C27H39O5P. The third-order valence-electron chi connectivity index (χ3n) is 5.33. The summed E-state index contributed by atoms with van der Waals surface area (Å²) in [5, 5.41) is 0. The van der Waals surface area contributed by atoms with Gasteiger partial charge in [-0.2, -0.15) is 0 Å². The fourth-order valence-corrected chi connectivity index (χ4v) is 4.24. The predicted octanol–water partition coefficient (Wildman–Crippen LogP) is 7.62. The van der Waals surface area contributed by atoms with Crippen molar-refractivity contribution in [3.05, 3.63) is 82.5 Å². The van der Waals surface area contributed by atoms with Crippen LogP contribution in [0.3, 0.4) is 0 Å². The second-order valence-corrected chi connectivity index (χ2v) is 10.9. The molecule has 182 valence electrons. The van der Waals surface area contributed by atoms with Crippen molar-refractivity contribution in [3.63, 3.8) is 0 Å². The Kier molecular flexibility index (Phi) is 11.4. The van der Waals surface area contributed by atoms with Crippen molar-refractivity contribution in [2.45, 2.75) is 61.0 Å². The number of hydrogen-bond donors (Lipinski definition) is 0. The average Bonchev–Trinajstić information content (AvgIpc) is 2.74. The van der Waals surface area contributed by atoms with Crippen LogP contribution in [-0.4, -0.2) is 26.1 Å². The van der Waals surface area contributed by atoms with Crippen LogP contribution >= 0.6 is 7.82 Å². The van der Waals surface area contributed by atoms with Crippen LogP contribution < -0.4 is 0 Å². The Balaban J connectivity index is 2.98. The summed E-state index contributed by atoms with van der Waals surface area (Å²) in [5.41, 5.74) is 4.65. The summed E-state index contributed by atoms with van der Waals surface area (Å²) in [6, 6.07) is 0. The molecule has 1 atom stereocenters. The van der Waals surface area contributed by atoms with E-state index in [4.69, 9.17) is 13.6 Å². The van der Waals surface area contributed by atoms with Gasteiger partial charge in [0.05, 0.1) is 0 Å². The molecule has 33 heavy (non-hydrogen) atoms. The van der Waals surface area contributed by atoms with E-state index in [0.29, 0.717) is 12.0 Å². The van der Waals surface area contributed by atoms with Gasteiger partial charge in [-0.25, -0.2) is 4.57 Å². The number of allylic oxidation sites excluding steroid dienone is 13. The highest BCUT2D eigenvalue weighted by molar-refractivity contribution is 7.48. The summed E-state index contributed by atoms with van der Waals surface area (Å²) in [6.45, 7) is 14.1. The lowest BCUT2D eigenvalue weighted by molar-refractivity contribution is -0.125. The first kappa shape index (κ1) is 29.0. The Labute approximate surface area is 199 Å². The molecule has 6 heteroatoms. The Morgan fingerprint density at radius 3 is 2.06 bits per heavy atom. The Bertz CT molecular complexity index is 958. The van der Waals surface area contributed by atoms with Crippen LogP contribution in [0.25, 0.3) is 0 Å². The molecule has 0 aromatic carbocycles. The normalized spacial score (nSPS) is 20.5. The van der Waals surface area contributed by atoms with Crippen LogP contribution in [-0.2, 0) is 22.9 Å². The Morgan fingerprint density at radius 2 is 1.48 bits per heavy atom. The van der Waals surface area contributed by atoms with Crippen LogP contribution in [0.4, 0.5) is 0 Å². The fraction of sp³-hybridized carbons (Fsp3) is 0.444. The molecule has 0 radical (unpaired) electrons. The maximum atomic E-state index is 12.9. The van der Waals surface area contributed by atoms with Crippen molar-refractivity contribution in [3.8, 4) is 0 Å². The van der Waals surface area contributed by atoms with Crippen molar-refractivity contribution in [2.75, 3.05) is 14.2 Å². The second-order valence-electron chi connectivity index (χ2n) is 9.04. The van der Waals surface area contributed by atoms with E-state index in [1.54, 1.807) is 6.92 Å². The van der Waals surface area contributed by atoms with Crippen LogP contribution in [0.2, 0.25) is 0 Å². The molecule has 0 aliphatic heterocycles. The van der Waals surface area contributed by atoms with Crippen LogP contribution in [0.15, 0.2) is 82.5 Å². The number of ketones is 1. The van der Waals surface area contributed by atoms with Gasteiger partial charge in [-0.05, 0) is 57.6 Å². The summed E-state index contributed by atoms with van der Waals surface area (Å²) in [6.07, 6.45) is 17.8. The molecule has 0 N–H and O–H groups in total.